The van der Waals surface area contributed by atoms with Gasteiger partial charge in [0.15, 0.2) is 11.6 Å². The van der Waals surface area contributed by atoms with E-state index in [1.807, 2.05) is 13.8 Å². The highest BCUT2D eigenvalue weighted by Gasteiger charge is 2.24. The van der Waals surface area contributed by atoms with E-state index in [-0.39, 0.29) is 10.4 Å². The molecule has 0 aliphatic carbocycles. The molecule has 0 fully saturated rings. The molecule has 5 heteroatoms. The fourth-order valence-electron chi connectivity index (χ4n) is 1.88. The first kappa shape index (κ1) is 16.3. The maximum atomic E-state index is 13.3. The van der Waals surface area contributed by atoms with Crippen LogP contribution in [0.3, 0.4) is 0 Å². The number of hydrogen-bond acceptors (Lipinski definition) is 2. The van der Waals surface area contributed by atoms with Crippen LogP contribution in [0.4, 0.5) is 8.78 Å². The van der Waals surface area contributed by atoms with Gasteiger partial charge < -0.3 is 10.1 Å². The quantitative estimate of drug-likeness (QED) is 0.613. The van der Waals surface area contributed by atoms with Crippen LogP contribution in [-0.2, 0) is 10.2 Å². The molecule has 19 heavy (non-hydrogen) atoms. The van der Waals surface area contributed by atoms with Gasteiger partial charge in [-0.25, -0.2) is 8.78 Å². The van der Waals surface area contributed by atoms with Crippen LogP contribution in [0.5, 0.6) is 0 Å². The largest absolute Gasteiger partial charge is 0.383 e. The van der Waals surface area contributed by atoms with Crippen molar-refractivity contribution in [2.75, 3.05) is 26.8 Å². The number of halogens is 3. The summed E-state index contributed by atoms with van der Waals surface area (Å²) in [5, 5.41) is 3.49. The van der Waals surface area contributed by atoms with Gasteiger partial charge in [-0.2, -0.15) is 0 Å². The third-order valence-corrected chi connectivity index (χ3v) is 3.46. The van der Waals surface area contributed by atoms with Crippen LogP contribution < -0.4 is 5.32 Å². The Bertz CT molecular complexity index is 424. The molecule has 1 rings (SSSR count). The summed E-state index contributed by atoms with van der Waals surface area (Å²) in [6.07, 6.45) is 0.765. The van der Waals surface area contributed by atoms with Crippen molar-refractivity contribution in [2.45, 2.75) is 25.7 Å². The second-order valence-electron chi connectivity index (χ2n) is 5.12. The Morgan fingerprint density at radius 2 is 1.84 bits per heavy atom. The minimum absolute atomic E-state index is 0.265. The van der Waals surface area contributed by atoms with E-state index in [0.717, 1.165) is 25.6 Å². The lowest BCUT2D eigenvalue weighted by molar-refractivity contribution is 0.198. The number of hydrogen-bond donors (Lipinski definition) is 1. The standard InChI is InChI=1S/C14H20ClF2NO/c1-14(2,4-5-18-6-7-19-3)10-8-12(16)13(17)9-11(10)15/h8-9,18H,4-7H2,1-3H3. The van der Waals surface area contributed by atoms with E-state index in [1.165, 1.54) is 6.07 Å². The predicted molar refractivity (Wildman–Crippen MR) is 73.8 cm³/mol. The van der Waals surface area contributed by atoms with Crippen LogP contribution >= 0.6 is 11.6 Å². The molecule has 0 aliphatic heterocycles. The molecule has 0 saturated carbocycles. The van der Waals surface area contributed by atoms with Crippen molar-refractivity contribution >= 4 is 11.6 Å². The fraction of sp³-hybridized carbons (Fsp3) is 0.571. The number of methoxy groups -OCH3 is 1. The van der Waals surface area contributed by atoms with Gasteiger partial charge in [-0.3, -0.25) is 0 Å². The van der Waals surface area contributed by atoms with Gasteiger partial charge in [0.05, 0.1) is 6.61 Å². The Balaban J connectivity index is 2.68. The summed E-state index contributed by atoms with van der Waals surface area (Å²) >= 11 is 6.00. The summed E-state index contributed by atoms with van der Waals surface area (Å²) in [4.78, 5) is 0. The molecule has 0 bridgehead atoms. The molecule has 0 heterocycles. The normalized spacial score (nSPS) is 11.9. The molecule has 1 N–H and O–H groups in total. The monoisotopic (exact) mass is 291 g/mol. The summed E-state index contributed by atoms with van der Waals surface area (Å²) in [5.74, 6) is -1.78. The number of ether oxygens (including phenoxy) is 1. The lowest BCUT2D eigenvalue weighted by Gasteiger charge is -2.26. The van der Waals surface area contributed by atoms with Gasteiger partial charge in [-0.1, -0.05) is 25.4 Å². The summed E-state index contributed by atoms with van der Waals surface area (Å²) in [7, 11) is 1.65. The average Bonchev–Trinajstić information content (AvgIpc) is 2.33. The molecule has 0 unspecified atom stereocenters. The predicted octanol–water partition coefficient (Wildman–Crippen LogP) is 3.52. The molecular formula is C14H20ClF2NO. The highest BCUT2D eigenvalue weighted by Crippen LogP contribution is 2.33. The second-order valence-corrected chi connectivity index (χ2v) is 5.53. The van der Waals surface area contributed by atoms with Crippen molar-refractivity contribution in [3.8, 4) is 0 Å². The Hall–Kier alpha value is -0.710. The number of benzene rings is 1. The molecule has 0 aromatic heterocycles. The van der Waals surface area contributed by atoms with Crippen molar-refractivity contribution < 1.29 is 13.5 Å². The lowest BCUT2D eigenvalue weighted by Crippen LogP contribution is -2.28. The van der Waals surface area contributed by atoms with Gasteiger partial charge in [0.2, 0.25) is 0 Å². The average molecular weight is 292 g/mol. The van der Waals surface area contributed by atoms with E-state index in [4.69, 9.17) is 16.3 Å². The minimum atomic E-state index is -0.914. The lowest BCUT2D eigenvalue weighted by atomic mass is 9.81. The van der Waals surface area contributed by atoms with Gasteiger partial charge in [-0.15, -0.1) is 0 Å². The zero-order valence-corrected chi connectivity index (χ0v) is 12.3. The van der Waals surface area contributed by atoms with Gasteiger partial charge in [0.25, 0.3) is 0 Å². The zero-order valence-electron chi connectivity index (χ0n) is 11.5. The van der Waals surface area contributed by atoms with Gasteiger partial charge in [0, 0.05) is 18.7 Å². The number of nitrogens with one attached hydrogen (secondary N) is 1. The molecule has 2 nitrogen and oxygen atoms in total. The summed E-state index contributed by atoms with van der Waals surface area (Å²) in [6, 6.07) is 2.22. The second kappa shape index (κ2) is 7.17. The van der Waals surface area contributed by atoms with Crippen LogP contribution in [0.1, 0.15) is 25.8 Å². The van der Waals surface area contributed by atoms with Crippen molar-refractivity contribution in [3.63, 3.8) is 0 Å². The van der Waals surface area contributed by atoms with E-state index in [9.17, 15) is 8.78 Å². The minimum Gasteiger partial charge on any atom is -0.383 e. The van der Waals surface area contributed by atoms with E-state index < -0.39 is 11.6 Å². The highest BCUT2D eigenvalue weighted by atomic mass is 35.5. The van der Waals surface area contributed by atoms with Crippen LogP contribution in [0.15, 0.2) is 12.1 Å². The number of rotatable bonds is 7. The van der Waals surface area contributed by atoms with Gasteiger partial charge in [0.1, 0.15) is 0 Å². The van der Waals surface area contributed by atoms with Crippen molar-refractivity contribution in [2.24, 2.45) is 0 Å². The third kappa shape index (κ3) is 4.71. The molecule has 0 amide bonds. The summed E-state index contributed by atoms with van der Waals surface area (Å²) < 4.78 is 31.3. The van der Waals surface area contributed by atoms with Crippen molar-refractivity contribution in [1.82, 2.24) is 5.32 Å². The molecule has 0 saturated heterocycles. The van der Waals surface area contributed by atoms with Gasteiger partial charge >= 0.3 is 0 Å². The Labute approximate surface area is 118 Å². The maximum Gasteiger partial charge on any atom is 0.160 e. The molecule has 108 valence electrons. The molecule has 1 aromatic carbocycles. The third-order valence-electron chi connectivity index (χ3n) is 3.15. The first-order valence-corrected chi connectivity index (χ1v) is 6.61. The Morgan fingerprint density at radius 1 is 1.21 bits per heavy atom. The summed E-state index contributed by atoms with van der Waals surface area (Å²) in [6.45, 7) is 6.09. The van der Waals surface area contributed by atoms with Crippen LogP contribution in [0.2, 0.25) is 5.02 Å². The van der Waals surface area contributed by atoms with Crippen molar-refractivity contribution in [3.05, 3.63) is 34.4 Å². The van der Waals surface area contributed by atoms with E-state index in [2.05, 4.69) is 5.32 Å². The Kier molecular flexibility index (Phi) is 6.17. The zero-order chi connectivity index (χ0) is 14.5. The van der Waals surface area contributed by atoms with E-state index >= 15 is 0 Å². The van der Waals surface area contributed by atoms with Crippen molar-refractivity contribution in [1.29, 1.82) is 0 Å². The maximum absolute atomic E-state index is 13.3. The molecule has 1 aromatic rings. The molecule has 0 radical (unpaired) electrons. The Morgan fingerprint density at radius 3 is 2.47 bits per heavy atom. The molecule has 0 aliphatic rings. The molecule has 0 atom stereocenters. The summed E-state index contributed by atoms with van der Waals surface area (Å²) in [5.41, 5.74) is 0.299. The highest BCUT2D eigenvalue weighted by molar-refractivity contribution is 6.31. The molecule has 0 spiro atoms. The van der Waals surface area contributed by atoms with Gasteiger partial charge in [-0.05, 0) is 36.1 Å². The SMILES string of the molecule is COCCNCCC(C)(C)c1cc(F)c(F)cc1Cl. The molecular weight excluding hydrogens is 272 g/mol. The fourth-order valence-corrected chi connectivity index (χ4v) is 2.28. The van der Waals surface area contributed by atoms with E-state index in [1.54, 1.807) is 7.11 Å². The van der Waals surface area contributed by atoms with Crippen LogP contribution in [-0.4, -0.2) is 26.8 Å². The van der Waals surface area contributed by atoms with Crippen LogP contribution in [0.25, 0.3) is 0 Å². The van der Waals surface area contributed by atoms with Crippen LogP contribution in [0, 0.1) is 11.6 Å². The van der Waals surface area contributed by atoms with E-state index in [0.29, 0.717) is 12.2 Å². The first-order chi connectivity index (χ1) is 8.88. The first-order valence-electron chi connectivity index (χ1n) is 6.23. The topological polar surface area (TPSA) is 21.3 Å². The smallest absolute Gasteiger partial charge is 0.160 e.